The zero-order chi connectivity index (χ0) is 8.32. The van der Waals surface area contributed by atoms with Crippen LogP contribution in [0.3, 0.4) is 0 Å². The van der Waals surface area contributed by atoms with E-state index in [0.717, 1.165) is 0 Å². The van der Waals surface area contributed by atoms with E-state index in [1.165, 1.54) is 12.3 Å². The first-order valence-corrected chi connectivity index (χ1v) is 3.24. The van der Waals surface area contributed by atoms with Gasteiger partial charge < -0.3 is 10.2 Å². The van der Waals surface area contributed by atoms with E-state index in [2.05, 4.69) is 0 Å². The van der Waals surface area contributed by atoms with Gasteiger partial charge in [0.05, 0.1) is 19.2 Å². The summed E-state index contributed by atoms with van der Waals surface area (Å²) in [6.07, 6.45) is 0.943. The van der Waals surface area contributed by atoms with Crippen LogP contribution in [0.1, 0.15) is 5.76 Å². The van der Waals surface area contributed by atoms with Crippen LogP contribution in [0.25, 0.3) is 0 Å². The Morgan fingerprint density at radius 3 is 2.73 bits per heavy atom. The van der Waals surface area contributed by atoms with Gasteiger partial charge in [-0.25, -0.2) is 8.78 Å². The van der Waals surface area contributed by atoms with Gasteiger partial charge in [0.15, 0.2) is 0 Å². The van der Waals surface area contributed by atoms with Crippen LogP contribution < -0.4 is 5.73 Å². The van der Waals surface area contributed by atoms with Crippen LogP contribution in [-0.2, 0) is 6.42 Å². The lowest BCUT2D eigenvalue weighted by molar-refractivity contribution is 0.00672. The molecule has 2 N–H and O–H groups in total. The molecule has 11 heavy (non-hydrogen) atoms. The minimum atomic E-state index is -2.85. The van der Waals surface area contributed by atoms with Crippen LogP contribution in [0, 0.1) is 0 Å². The van der Waals surface area contributed by atoms with Crippen molar-refractivity contribution < 1.29 is 13.2 Å². The first-order chi connectivity index (χ1) is 5.14. The Bertz CT molecular complexity index is 208. The Labute approximate surface area is 63.0 Å². The van der Waals surface area contributed by atoms with Crippen molar-refractivity contribution in [1.29, 1.82) is 0 Å². The predicted molar refractivity (Wildman–Crippen MR) is 36.4 cm³/mol. The summed E-state index contributed by atoms with van der Waals surface area (Å²) in [6, 6.07) is 3.07. The van der Waals surface area contributed by atoms with E-state index >= 15 is 0 Å². The zero-order valence-electron chi connectivity index (χ0n) is 5.89. The monoisotopic (exact) mass is 161 g/mol. The fourth-order valence-corrected chi connectivity index (χ4v) is 0.740. The van der Waals surface area contributed by atoms with Gasteiger partial charge in [-0.15, -0.1) is 0 Å². The average Bonchev–Trinajstić information content (AvgIpc) is 2.39. The van der Waals surface area contributed by atoms with Crippen LogP contribution in [0.2, 0.25) is 0 Å². The molecule has 62 valence electrons. The minimum Gasteiger partial charge on any atom is -0.469 e. The fraction of sp³-hybridized carbons (Fsp3) is 0.429. The lowest BCUT2D eigenvalue weighted by Gasteiger charge is -2.10. The van der Waals surface area contributed by atoms with Crippen LogP contribution in [0.15, 0.2) is 22.8 Å². The molecule has 0 unspecified atom stereocenters. The van der Waals surface area contributed by atoms with E-state index in [1.54, 1.807) is 6.07 Å². The molecular formula is C7H9F2NO. The molecule has 0 bridgehead atoms. The Morgan fingerprint density at radius 2 is 2.27 bits per heavy atom. The van der Waals surface area contributed by atoms with E-state index in [4.69, 9.17) is 10.2 Å². The molecule has 0 amide bonds. The first-order valence-electron chi connectivity index (χ1n) is 3.24. The first kappa shape index (κ1) is 8.20. The summed E-state index contributed by atoms with van der Waals surface area (Å²) in [5, 5.41) is 0. The molecule has 0 aliphatic carbocycles. The van der Waals surface area contributed by atoms with Crippen molar-refractivity contribution in [3.05, 3.63) is 24.2 Å². The maximum Gasteiger partial charge on any atom is 0.267 e. The molecule has 4 heteroatoms. The number of rotatable bonds is 3. The standard InChI is InChI=1S/C7H9F2NO/c8-7(9,5-10)4-6-2-1-3-11-6/h1-3H,4-5,10H2. The summed E-state index contributed by atoms with van der Waals surface area (Å²) in [5.74, 6) is -2.59. The predicted octanol–water partition coefficient (Wildman–Crippen LogP) is 1.42. The Morgan fingerprint density at radius 1 is 1.55 bits per heavy atom. The molecule has 0 aliphatic rings. The van der Waals surface area contributed by atoms with E-state index in [9.17, 15) is 8.78 Å². The molecule has 0 atom stereocenters. The molecule has 1 aromatic rings. The average molecular weight is 161 g/mol. The maximum atomic E-state index is 12.5. The van der Waals surface area contributed by atoms with Gasteiger partial charge in [0, 0.05) is 0 Å². The van der Waals surface area contributed by atoms with Gasteiger partial charge in [-0.3, -0.25) is 0 Å². The van der Waals surface area contributed by atoms with E-state index in [0.29, 0.717) is 0 Å². The van der Waals surface area contributed by atoms with Gasteiger partial charge >= 0.3 is 0 Å². The molecular weight excluding hydrogens is 152 g/mol. The zero-order valence-corrected chi connectivity index (χ0v) is 5.89. The highest BCUT2D eigenvalue weighted by Gasteiger charge is 2.28. The van der Waals surface area contributed by atoms with Gasteiger partial charge in [0.25, 0.3) is 5.92 Å². The van der Waals surface area contributed by atoms with Gasteiger partial charge in [-0.05, 0) is 12.1 Å². The number of halogens is 2. The lowest BCUT2D eigenvalue weighted by Crippen LogP contribution is -2.29. The van der Waals surface area contributed by atoms with Gasteiger partial charge in [-0.1, -0.05) is 0 Å². The third kappa shape index (κ3) is 2.31. The second-order valence-electron chi connectivity index (χ2n) is 2.32. The van der Waals surface area contributed by atoms with Crippen LogP contribution >= 0.6 is 0 Å². The largest absolute Gasteiger partial charge is 0.469 e. The highest BCUT2D eigenvalue weighted by molar-refractivity contribution is 5.01. The molecule has 0 saturated carbocycles. The summed E-state index contributed by atoms with van der Waals surface area (Å²) in [7, 11) is 0. The molecule has 0 spiro atoms. The van der Waals surface area contributed by atoms with E-state index in [1.807, 2.05) is 0 Å². The van der Waals surface area contributed by atoms with Crippen molar-refractivity contribution >= 4 is 0 Å². The molecule has 1 rings (SSSR count). The van der Waals surface area contributed by atoms with E-state index in [-0.39, 0.29) is 5.76 Å². The second-order valence-corrected chi connectivity index (χ2v) is 2.32. The van der Waals surface area contributed by atoms with Crippen molar-refractivity contribution in [3.63, 3.8) is 0 Å². The van der Waals surface area contributed by atoms with Crippen LogP contribution in [0.4, 0.5) is 8.78 Å². The number of nitrogens with two attached hydrogens (primary N) is 1. The fourth-order valence-electron chi connectivity index (χ4n) is 0.740. The van der Waals surface area contributed by atoms with Crippen LogP contribution in [-0.4, -0.2) is 12.5 Å². The van der Waals surface area contributed by atoms with Crippen LogP contribution in [0.5, 0.6) is 0 Å². The van der Waals surface area contributed by atoms with Crippen molar-refractivity contribution in [2.75, 3.05) is 6.54 Å². The molecule has 0 aliphatic heterocycles. The number of furan rings is 1. The van der Waals surface area contributed by atoms with E-state index < -0.39 is 18.9 Å². The number of hydrogen-bond acceptors (Lipinski definition) is 2. The Hall–Kier alpha value is -0.900. The Balaban J connectivity index is 2.56. The van der Waals surface area contributed by atoms with Gasteiger partial charge in [0.2, 0.25) is 0 Å². The molecule has 0 fully saturated rings. The molecule has 0 radical (unpaired) electrons. The van der Waals surface area contributed by atoms with Crippen molar-refractivity contribution in [2.24, 2.45) is 5.73 Å². The van der Waals surface area contributed by atoms with Crippen molar-refractivity contribution in [3.8, 4) is 0 Å². The summed E-state index contributed by atoms with van der Waals surface area (Å²) in [4.78, 5) is 0. The molecule has 0 aromatic carbocycles. The summed E-state index contributed by atoms with van der Waals surface area (Å²) < 4.78 is 29.8. The van der Waals surface area contributed by atoms with Crippen molar-refractivity contribution in [1.82, 2.24) is 0 Å². The molecule has 1 aromatic heterocycles. The number of hydrogen-bond donors (Lipinski definition) is 1. The minimum absolute atomic E-state index is 0.264. The highest BCUT2D eigenvalue weighted by Crippen LogP contribution is 2.18. The third-order valence-corrected chi connectivity index (χ3v) is 1.31. The quantitative estimate of drug-likeness (QED) is 0.728. The summed E-state index contributed by atoms with van der Waals surface area (Å²) in [6.45, 7) is -0.645. The normalized spacial score (nSPS) is 11.9. The molecule has 1 heterocycles. The molecule has 0 saturated heterocycles. The SMILES string of the molecule is NCC(F)(F)Cc1ccco1. The lowest BCUT2D eigenvalue weighted by atomic mass is 10.2. The smallest absolute Gasteiger partial charge is 0.267 e. The van der Waals surface area contributed by atoms with Gasteiger partial charge in [0.1, 0.15) is 5.76 Å². The molecule has 2 nitrogen and oxygen atoms in total. The summed E-state index contributed by atoms with van der Waals surface area (Å²) in [5.41, 5.74) is 4.83. The van der Waals surface area contributed by atoms with Gasteiger partial charge in [-0.2, -0.15) is 0 Å². The highest BCUT2D eigenvalue weighted by atomic mass is 19.3. The second kappa shape index (κ2) is 3.00. The Kier molecular flexibility index (Phi) is 2.24. The maximum absolute atomic E-state index is 12.5. The number of alkyl halides is 2. The third-order valence-electron chi connectivity index (χ3n) is 1.31. The summed E-state index contributed by atoms with van der Waals surface area (Å²) >= 11 is 0. The topological polar surface area (TPSA) is 39.2 Å². The van der Waals surface area contributed by atoms with Crippen molar-refractivity contribution in [2.45, 2.75) is 12.3 Å².